The Morgan fingerprint density at radius 2 is 2.28 bits per heavy atom. The molecule has 0 bridgehead atoms. The van der Waals surface area contributed by atoms with Gasteiger partial charge in [0.25, 0.3) is 0 Å². The maximum atomic E-state index is 11.1. The van der Waals surface area contributed by atoms with Crippen LogP contribution in [-0.4, -0.2) is 49.2 Å². The smallest absolute Gasteiger partial charge is 0.330 e. The van der Waals surface area contributed by atoms with Crippen molar-refractivity contribution in [2.45, 2.75) is 44.7 Å². The van der Waals surface area contributed by atoms with Crippen LogP contribution in [0.3, 0.4) is 0 Å². The molecule has 18 heavy (non-hydrogen) atoms. The van der Waals surface area contributed by atoms with E-state index >= 15 is 0 Å². The molecule has 0 aromatic rings. The first kappa shape index (κ1) is 13.6. The third kappa shape index (κ3) is 3.56. The molecule has 2 aliphatic heterocycles. The molecule has 2 aliphatic rings. The molecule has 0 saturated carbocycles. The molecule has 2 heterocycles. The van der Waals surface area contributed by atoms with Crippen molar-refractivity contribution >= 4 is 5.97 Å². The van der Waals surface area contributed by atoms with E-state index in [9.17, 15) is 4.79 Å². The normalized spacial score (nSPS) is 28.5. The highest BCUT2D eigenvalue weighted by molar-refractivity contribution is 5.81. The van der Waals surface area contributed by atoms with E-state index in [1.807, 2.05) is 13.0 Å². The van der Waals surface area contributed by atoms with Gasteiger partial charge < -0.3 is 10.1 Å². The van der Waals surface area contributed by atoms with Gasteiger partial charge in [0.2, 0.25) is 0 Å². The summed E-state index contributed by atoms with van der Waals surface area (Å²) in [4.78, 5) is 13.7. The van der Waals surface area contributed by atoms with Crippen LogP contribution in [0.25, 0.3) is 0 Å². The van der Waals surface area contributed by atoms with Crippen molar-refractivity contribution in [1.82, 2.24) is 10.2 Å². The van der Waals surface area contributed by atoms with Crippen molar-refractivity contribution in [1.29, 1.82) is 0 Å². The first-order valence-corrected chi connectivity index (χ1v) is 7.12. The highest BCUT2D eigenvalue weighted by Gasteiger charge is 2.34. The standard InChI is InChI=1S/C14H24N2O2/c1-2-18-14(17)7-5-9-15-12-8-11-16-10-4-3-6-13(12)16/h5,7,12-13,15H,2-4,6,8-11H2,1H3/b7-5+. The Hall–Kier alpha value is -0.870. The number of hydrogen-bond acceptors (Lipinski definition) is 4. The van der Waals surface area contributed by atoms with E-state index in [2.05, 4.69) is 10.2 Å². The monoisotopic (exact) mass is 252 g/mol. The predicted molar refractivity (Wildman–Crippen MR) is 71.4 cm³/mol. The maximum Gasteiger partial charge on any atom is 0.330 e. The van der Waals surface area contributed by atoms with Crippen molar-refractivity contribution in [2.75, 3.05) is 26.2 Å². The topological polar surface area (TPSA) is 41.6 Å². The molecule has 2 unspecified atom stereocenters. The molecule has 2 atom stereocenters. The van der Waals surface area contributed by atoms with Gasteiger partial charge in [-0.25, -0.2) is 4.79 Å². The van der Waals surface area contributed by atoms with Crippen LogP contribution in [-0.2, 0) is 9.53 Å². The molecule has 2 saturated heterocycles. The number of rotatable bonds is 5. The molecule has 0 aliphatic carbocycles. The fourth-order valence-electron chi connectivity index (χ4n) is 3.05. The summed E-state index contributed by atoms with van der Waals surface area (Å²) in [6.45, 7) is 5.51. The van der Waals surface area contributed by atoms with Crippen LogP contribution in [0.2, 0.25) is 0 Å². The molecule has 0 aromatic carbocycles. The highest BCUT2D eigenvalue weighted by atomic mass is 16.5. The minimum Gasteiger partial charge on any atom is -0.463 e. The van der Waals surface area contributed by atoms with E-state index in [1.54, 1.807) is 0 Å². The van der Waals surface area contributed by atoms with Gasteiger partial charge in [-0.2, -0.15) is 0 Å². The molecule has 4 heteroatoms. The zero-order valence-corrected chi connectivity index (χ0v) is 11.2. The molecule has 4 nitrogen and oxygen atoms in total. The zero-order chi connectivity index (χ0) is 12.8. The molecule has 0 aromatic heterocycles. The van der Waals surface area contributed by atoms with Gasteiger partial charge in [0.1, 0.15) is 0 Å². The number of ether oxygens (including phenoxy) is 1. The van der Waals surface area contributed by atoms with Crippen molar-refractivity contribution in [2.24, 2.45) is 0 Å². The Balaban J connectivity index is 1.69. The lowest BCUT2D eigenvalue weighted by Crippen LogP contribution is -2.44. The third-order valence-corrected chi connectivity index (χ3v) is 3.89. The van der Waals surface area contributed by atoms with E-state index in [4.69, 9.17) is 4.74 Å². The largest absolute Gasteiger partial charge is 0.463 e. The maximum absolute atomic E-state index is 11.1. The Morgan fingerprint density at radius 1 is 1.39 bits per heavy atom. The van der Waals surface area contributed by atoms with E-state index < -0.39 is 0 Å². The van der Waals surface area contributed by atoms with Gasteiger partial charge in [0.15, 0.2) is 0 Å². The molecule has 2 rings (SSSR count). The van der Waals surface area contributed by atoms with Crippen molar-refractivity contribution < 1.29 is 9.53 Å². The molecule has 1 N–H and O–H groups in total. The van der Waals surface area contributed by atoms with Crippen LogP contribution in [0.15, 0.2) is 12.2 Å². The number of hydrogen-bond donors (Lipinski definition) is 1. The third-order valence-electron chi connectivity index (χ3n) is 3.89. The number of esters is 1. The summed E-state index contributed by atoms with van der Waals surface area (Å²) in [5.41, 5.74) is 0. The van der Waals surface area contributed by atoms with Gasteiger partial charge in [-0.1, -0.05) is 12.5 Å². The van der Waals surface area contributed by atoms with E-state index in [0.717, 1.165) is 12.6 Å². The Kier molecular flexibility index (Phi) is 5.20. The van der Waals surface area contributed by atoms with Crippen LogP contribution < -0.4 is 5.32 Å². The summed E-state index contributed by atoms with van der Waals surface area (Å²) in [5, 5.41) is 3.54. The molecule has 0 radical (unpaired) electrons. The first-order chi connectivity index (χ1) is 8.81. The molecular weight excluding hydrogens is 228 g/mol. The summed E-state index contributed by atoms with van der Waals surface area (Å²) in [5.74, 6) is -0.245. The molecule has 0 amide bonds. The summed E-state index contributed by atoms with van der Waals surface area (Å²) >= 11 is 0. The average molecular weight is 252 g/mol. The minimum atomic E-state index is -0.245. The van der Waals surface area contributed by atoms with Crippen molar-refractivity contribution in [3.63, 3.8) is 0 Å². The second-order valence-corrected chi connectivity index (χ2v) is 5.06. The number of fused-ring (bicyclic) bond motifs is 1. The minimum absolute atomic E-state index is 0.245. The summed E-state index contributed by atoms with van der Waals surface area (Å²) in [7, 11) is 0. The molecule has 2 fully saturated rings. The summed E-state index contributed by atoms with van der Waals surface area (Å²) in [6.07, 6.45) is 8.65. The Morgan fingerprint density at radius 3 is 3.11 bits per heavy atom. The first-order valence-electron chi connectivity index (χ1n) is 7.12. The van der Waals surface area contributed by atoms with E-state index in [0.29, 0.717) is 12.6 Å². The van der Waals surface area contributed by atoms with Gasteiger partial charge in [-0.05, 0) is 32.7 Å². The van der Waals surface area contributed by atoms with Gasteiger partial charge in [-0.15, -0.1) is 0 Å². The lowest BCUT2D eigenvalue weighted by atomic mass is 9.99. The summed E-state index contributed by atoms with van der Waals surface area (Å²) < 4.78 is 4.84. The van der Waals surface area contributed by atoms with Gasteiger partial charge in [0, 0.05) is 31.2 Å². The Bertz CT molecular complexity index is 304. The SMILES string of the molecule is CCOC(=O)/C=C/CNC1CCN2CCCCC12. The number of nitrogens with one attached hydrogen (secondary N) is 1. The second kappa shape index (κ2) is 6.90. The lowest BCUT2D eigenvalue weighted by Gasteiger charge is -2.32. The quantitative estimate of drug-likeness (QED) is 0.592. The highest BCUT2D eigenvalue weighted by Crippen LogP contribution is 2.26. The van der Waals surface area contributed by atoms with Crippen LogP contribution >= 0.6 is 0 Å². The Labute approximate surface area is 109 Å². The average Bonchev–Trinajstić information content (AvgIpc) is 2.78. The number of carbonyl (C=O) groups is 1. The van der Waals surface area contributed by atoms with E-state index in [1.165, 1.54) is 44.8 Å². The summed E-state index contributed by atoms with van der Waals surface area (Å²) in [6, 6.07) is 1.31. The van der Waals surface area contributed by atoms with Crippen LogP contribution in [0.1, 0.15) is 32.6 Å². The lowest BCUT2D eigenvalue weighted by molar-refractivity contribution is -0.137. The fraction of sp³-hybridized carbons (Fsp3) is 0.786. The van der Waals surface area contributed by atoms with Crippen molar-refractivity contribution in [3.8, 4) is 0 Å². The van der Waals surface area contributed by atoms with Gasteiger partial charge >= 0.3 is 5.97 Å². The van der Waals surface area contributed by atoms with E-state index in [-0.39, 0.29) is 5.97 Å². The van der Waals surface area contributed by atoms with Gasteiger partial charge in [0.05, 0.1) is 6.61 Å². The number of nitrogens with zero attached hydrogens (tertiary/aromatic N) is 1. The molecule has 102 valence electrons. The predicted octanol–water partition coefficient (Wildman–Crippen LogP) is 1.32. The second-order valence-electron chi connectivity index (χ2n) is 5.06. The molecular formula is C14H24N2O2. The number of piperidine rings is 1. The van der Waals surface area contributed by atoms with Crippen LogP contribution in [0.4, 0.5) is 0 Å². The zero-order valence-electron chi connectivity index (χ0n) is 11.2. The molecule has 0 spiro atoms. The van der Waals surface area contributed by atoms with Crippen LogP contribution in [0, 0.1) is 0 Å². The van der Waals surface area contributed by atoms with Crippen LogP contribution in [0.5, 0.6) is 0 Å². The number of carbonyl (C=O) groups excluding carboxylic acids is 1. The van der Waals surface area contributed by atoms with Crippen molar-refractivity contribution in [3.05, 3.63) is 12.2 Å². The fourth-order valence-corrected chi connectivity index (χ4v) is 3.05. The van der Waals surface area contributed by atoms with Gasteiger partial charge in [-0.3, -0.25) is 4.90 Å².